The van der Waals surface area contributed by atoms with Crippen molar-refractivity contribution in [1.29, 1.82) is 0 Å². The van der Waals surface area contributed by atoms with Gasteiger partial charge in [-0.3, -0.25) is 9.78 Å². The van der Waals surface area contributed by atoms with Gasteiger partial charge >= 0.3 is 0 Å². The molecule has 0 aliphatic heterocycles. The van der Waals surface area contributed by atoms with Crippen LogP contribution in [0.2, 0.25) is 0 Å². The standard InChI is InChI=1S/C17H16FN5O/c1-11-5-6-14(18)8-15(11)23-12(2)16(21-22-23)17(24)20-10-13-4-3-7-19-9-13/h3-9H,10H2,1-2H3,(H,20,24). The molecule has 0 unspecified atom stereocenters. The number of aromatic nitrogens is 4. The Bertz CT molecular complexity index is 876. The maximum atomic E-state index is 13.5. The highest BCUT2D eigenvalue weighted by molar-refractivity contribution is 5.93. The summed E-state index contributed by atoms with van der Waals surface area (Å²) in [5.74, 6) is -0.704. The molecule has 1 amide bonds. The number of carbonyl (C=O) groups is 1. The molecule has 6 nitrogen and oxygen atoms in total. The Morgan fingerprint density at radius 1 is 1.29 bits per heavy atom. The third-order valence-electron chi connectivity index (χ3n) is 3.68. The maximum absolute atomic E-state index is 13.5. The first-order valence-electron chi connectivity index (χ1n) is 7.42. The van der Waals surface area contributed by atoms with E-state index in [-0.39, 0.29) is 17.4 Å². The van der Waals surface area contributed by atoms with Crippen molar-refractivity contribution in [3.8, 4) is 5.69 Å². The van der Waals surface area contributed by atoms with Gasteiger partial charge in [0, 0.05) is 18.9 Å². The molecule has 7 heteroatoms. The van der Waals surface area contributed by atoms with Crippen LogP contribution in [-0.2, 0) is 6.54 Å². The largest absolute Gasteiger partial charge is 0.346 e. The lowest BCUT2D eigenvalue weighted by Gasteiger charge is -2.08. The van der Waals surface area contributed by atoms with Crippen LogP contribution in [0.1, 0.15) is 27.3 Å². The Kier molecular flexibility index (Phi) is 4.33. The summed E-state index contributed by atoms with van der Waals surface area (Å²) in [6, 6.07) is 8.08. The number of benzene rings is 1. The first-order valence-corrected chi connectivity index (χ1v) is 7.42. The van der Waals surface area contributed by atoms with Crippen molar-refractivity contribution in [3.05, 3.63) is 71.1 Å². The third kappa shape index (κ3) is 3.15. The van der Waals surface area contributed by atoms with Crippen molar-refractivity contribution in [2.75, 3.05) is 0 Å². The van der Waals surface area contributed by atoms with Crippen LogP contribution in [-0.4, -0.2) is 25.9 Å². The number of rotatable bonds is 4. The third-order valence-corrected chi connectivity index (χ3v) is 3.68. The number of pyridine rings is 1. The van der Waals surface area contributed by atoms with Gasteiger partial charge in [0.05, 0.1) is 11.4 Å². The predicted molar refractivity (Wildman–Crippen MR) is 86.2 cm³/mol. The lowest BCUT2D eigenvalue weighted by Crippen LogP contribution is -2.24. The number of halogens is 1. The molecule has 0 fully saturated rings. The summed E-state index contributed by atoms with van der Waals surface area (Å²) in [6.07, 6.45) is 3.35. The average molecular weight is 325 g/mol. The topological polar surface area (TPSA) is 72.7 Å². The van der Waals surface area contributed by atoms with Crippen molar-refractivity contribution < 1.29 is 9.18 Å². The van der Waals surface area contributed by atoms with Crippen molar-refractivity contribution in [1.82, 2.24) is 25.3 Å². The van der Waals surface area contributed by atoms with Crippen LogP contribution in [0.5, 0.6) is 0 Å². The molecular weight excluding hydrogens is 309 g/mol. The molecular formula is C17H16FN5O. The normalized spacial score (nSPS) is 10.6. The molecule has 0 saturated heterocycles. The van der Waals surface area contributed by atoms with Gasteiger partial charge in [-0.25, -0.2) is 9.07 Å². The van der Waals surface area contributed by atoms with Gasteiger partial charge in [-0.05, 0) is 43.2 Å². The molecule has 0 radical (unpaired) electrons. The van der Waals surface area contributed by atoms with E-state index in [2.05, 4.69) is 20.6 Å². The fourth-order valence-corrected chi connectivity index (χ4v) is 2.35. The molecule has 3 rings (SSSR count). The van der Waals surface area contributed by atoms with Crippen LogP contribution in [0.25, 0.3) is 5.69 Å². The Labute approximate surface area is 138 Å². The van der Waals surface area contributed by atoms with E-state index in [1.807, 2.05) is 13.0 Å². The molecule has 1 aromatic carbocycles. The first-order chi connectivity index (χ1) is 11.6. The van der Waals surface area contributed by atoms with Crippen LogP contribution in [0.4, 0.5) is 4.39 Å². The van der Waals surface area contributed by atoms with E-state index in [4.69, 9.17) is 0 Å². The van der Waals surface area contributed by atoms with E-state index < -0.39 is 0 Å². The summed E-state index contributed by atoms with van der Waals surface area (Å²) in [7, 11) is 0. The van der Waals surface area contributed by atoms with E-state index in [1.165, 1.54) is 16.8 Å². The molecule has 0 bridgehead atoms. The minimum Gasteiger partial charge on any atom is -0.346 e. The molecule has 0 atom stereocenters. The molecule has 0 spiro atoms. The highest BCUT2D eigenvalue weighted by Crippen LogP contribution is 2.17. The van der Waals surface area contributed by atoms with Gasteiger partial charge in [0.1, 0.15) is 5.82 Å². The van der Waals surface area contributed by atoms with E-state index in [1.54, 1.807) is 31.5 Å². The van der Waals surface area contributed by atoms with Gasteiger partial charge in [-0.15, -0.1) is 5.10 Å². The summed E-state index contributed by atoms with van der Waals surface area (Å²) >= 11 is 0. The summed E-state index contributed by atoms with van der Waals surface area (Å²) in [6.45, 7) is 3.92. The monoisotopic (exact) mass is 325 g/mol. The van der Waals surface area contributed by atoms with Crippen molar-refractivity contribution in [2.24, 2.45) is 0 Å². The van der Waals surface area contributed by atoms with E-state index in [0.29, 0.717) is 17.9 Å². The van der Waals surface area contributed by atoms with Gasteiger partial charge < -0.3 is 5.32 Å². The van der Waals surface area contributed by atoms with Crippen LogP contribution in [0.15, 0.2) is 42.7 Å². The summed E-state index contributed by atoms with van der Waals surface area (Å²) in [4.78, 5) is 16.3. The number of hydrogen-bond donors (Lipinski definition) is 1. The minimum atomic E-state index is -0.368. The smallest absolute Gasteiger partial charge is 0.274 e. The van der Waals surface area contributed by atoms with Crippen LogP contribution in [0, 0.1) is 19.7 Å². The van der Waals surface area contributed by atoms with Gasteiger partial charge in [0.25, 0.3) is 5.91 Å². The van der Waals surface area contributed by atoms with Gasteiger partial charge in [-0.2, -0.15) is 0 Å². The maximum Gasteiger partial charge on any atom is 0.274 e. The van der Waals surface area contributed by atoms with Gasteiger partial charge in [0.15, 0.2) is 5.69 Å². The fourth-order valence-electron chi connectivity index (χ4n) is 2.35. The average Bonchev–Trinajstić information content (AvgIpc) is 2.97. The second kappa shape index (κ2) is 6.57. The number of hydrogen-bond acceptors (Lipinski definition) is 4. The quantitative estimate of drug-likeness (QED) is 0.799. The zero-order valence-electron chi connectivity index (χ0n) is 13.3. The molecule has 1 N–H and O–H groups in total. The number of nitrogens with one attached hydrogen (secondary N) is 1. The molecule has 2 aromatic heterocycles. The lowest BCUT2D eigenvalue weighted by atomic mass is 10.2. The molecule has 0 saturated carbocycles. The Hall–Kier alpha value is -3.09. The zero-order chi connectivity index (χ0) is 17.1. The fraction of sp³-hybridized carbons (Fsp3) is 0.176. The molecule has 0 aliphatic rings. The lowest BCUT2D eigenvalue weighted by molar-refractivity contribution is 0.0945. The first kappa shape index (κ1) is 15.8. The van der Waals surface area contributed by atoms with E-state index in [9.17, 15) is 9.18 Å². The van der Waals surface area contributed by atoms with Crippen molar-refractivity contribution in [2.45, 2.75) is 20.4 Å². The Morgan fingerprint density at radius 3 is 2.88 bits per heavy atom. The number of amides is 1. The highest BCUT2D eigenvalue weighted by Gasteiger charge is 2.18. The van der Waals surface area contributed by atoms with Crippen LogP contribution < -0.4 is 5.32 Å². The number of carbonyl (C=O) groups excluding carboxylic acids is 1. The Balaban J connectivity index is 1.82. The highest BCUT2D eigenvalue weighted by atomic mass is 19.1. The zero-order valence-corrected chi connectivity index (χ0v) is 13.3. The number of aryl methyl sites for hydroxylation is 1. The molecule has 24 heavy (non-hydrogen) atoms. The molecule has 2 heterocycles. The van der Waals surface area contributed by atoms with E-state index in [0.717, 1.165) is 11.1 Å². The van der Waals surface area contributed by atoms with Crippen molar-refractivity contribution in [3.63, 3.8) is 0 Å². The van der Waals surface area contributed by atoms with Gasteiger partial charge in [0.2, 0.25) is 0 Å². The van der Waals surface area contributed by atoms with E-state index >= 15 is 0 Å². The molecule has 122 valence electrons. The SMILES string of the molecule is Cc1ccc(F)cc1-n1nnc(C(=O)NCc2cccnc2)c1C. The Morgan fingerprint density at radius 2 is 2.12 bits per heavy atom. The molecule has 3 aromatic rings. The van der Waals surface area contributed by atoms with Crippen molar-refractivity contribution >= 4 is 5.91 Å². The summed E-state index contributed by atoms with van der Waals surface area (Å²) < 4.78 is 15.0. The number of nitrogens with zero attached hydrogens (tertiary/aromatic N) is 4. The minimum absolute atomic E-state index is 0.211. The second-order valence-corrected chi connectivity index (χ2v) is 5.41. The predicted octanol–water partition coefficient (Wildman–Crippen LogP) is 2.35. The van der Waals surface area contributed by atoms with Crippen LogP contribution in [0.3, 0.4) is 0 Å². The summed E-state index contributed by atoms with van der Waals surface area (Å²) in [5, 5.41) is 10.7. The second-order valence-electron chi connectivity index (χ2n) is 5.41. The van der Waals surface area contributed by atoms with Crippen LogP contribution >= 0.6 is 0 Å². The summed E-state index contributed by atoms with van der Waals surface area (Å²) in [5.41, 5.74) is 3.05. The van der Waals surface area contributed by atoms with Gasteiger partial charge in [-0.1, -0.05) is 17.3 Å². The molecule has 0 aliphatic carbocycles.